The smallest absolute Gasteiger partial charge is 0.315 e. The Labute approximate surface area is 147 Å². The maximum Gasteiger partial charge on any atom is 0.326 e. The van der Waals surface area contributed by atoms with Crippen LogP contribution >= 0.6 is 11.3 Å². The summed E-state index contributed by atoms with van der Waals surface area (Å²) in [7, 11) is 3.13. The maximum atomic E-state index is 12.2. The van der Waals surface area contributed by atoms with Crippen LogP contribution in [0.1, 0.15) is 16.4 Å². The molecule has 1 fully saturated rings. The van der Waals surface area contributed by atoms with Gasteiger partial charge < -0.3 is 4.90 Å². The third-order valence-corrected chi connectivity index (χ3v) is 5.26. The molecule has 3 amide bonds. The Balaban J connectivity index is 1.58. The zero-order chi connectivity index (χ0) is 17.6. The monoisotopic (exact) mass is 356 g/mol. The first-order valence-electron chi connectivity index (χ1n) is 7.83. The Hall–Kier alpha value is -2.81. The molecule has 1 atom stereocenters. The summed E-state index contributed by atoms with van der Waals surface area (Å²) in [4.78, 5) is 27.4. The number of nitrogens with zero attached hydrogens (tertiary/aromatic N) is 6. The molecule has 1 aliphatic heterocycles. The Morgan fingerprint density at radius 2 is 1.88 bits per heavy atom. The highest BCUT2D eigenvalue weighted by atomic mass is 32.1. The van der Waals surface area contributed by atoms with E-state index in [9.17, 15) is 9.59 Å². The predicted octanol–water partition coefficient (Wildman–Crippen LogP) is 1.21. The van der Waals surface area contributed by atoms with Gasteiger partial charge in [0.15, 0.2) is 5.82 Å². The van der Waals surface area contributed by atoms with Gasteiger partial charge in [-0.1, -0.05) is 41.7 Å². The topological polar surface area (TPSA) is 83.7 Å². The Bertz CT molecular complexity index is 950. The molecule has 1 saturated heterocycles. The number of fused-ring (bicyclic) bond motifs is 1. The van der Waals surface area contributed by atoms with Crippen molar-refractivity contribution >= 4 is 28.2 Å². The van der Waals surface area contributed by atoms with Crippen LogP contribution < -0.4 is 0 Å². The lowest BCUT2D eigenvalue weighted by atomic mass is 10.1. The fourth-order valence-corrected chi connectivity index (χ4v) is 3.80. The summed E-state index contributed by atoms with van der Waals surface area (Å²) >= 11 is 1.39. The van der Waals surface area contributed by atoms with Crippen LogP contribution in [0.5, 0.6) is 0 Å². The molecule has 0 spiro atoms. The van der Waals surface area contributed by atoms with Gasteiger partial charge in [0.25, 0.3) is 5.91 Å². The van der Waals surface area contributed by atoms with E-state index in [1.165, 1.54) is 23.3 Å². The summed E-state index contributed by atoms with van der Waals surface area (Å²) in [5.41, 5.74) is 1.13. The molecule has 0 saturated carbocycles. The fourth-order valence-electron chi connectivity index (χ4n) is 2.91. The third-order valence-electron chi connectivity index (χ3n) is 4.34. The van der Waals surface area contributed by atoms with Crippen LogP contribution in [-0.2, 0) is 17.6 Å². The van der Waals surface area contributed by atoms with Crippen molar-refractivity contribution in [2.75, 3.05) is 14.1 Å². The molecule has 0 unspecified atom stereocenters. The van der Waals surface area contributed by atoms with Crippen LogP contribution in [0.2, 0.25) is 0 Å². The van der Waals surface area contributed by atoms with Crippen molar-refractivity contribution < 1.29 is 9.59 Å². The zero-order valence-corrected chi connectivity index (χ0v) is 14.6. The minimum Gasteiger partial charge on any atom is -0.315 e. The van der Waals surface area contributed by atoms with E-state index in [-0.39, 0.29) is 11.9 Å². The first-order chi connectivity index (χ1) is 12.0. The van der Waals surface area contributed by atoms with Crippen molar-refractivity contribution in [1.82, 2.24) is 29.6 Å². The summed E-state index contributed by atoms with van der Waals surface area (Å²) in [5.74, 6) is 0.547. The second-order valence-corrected chi connectivity index (χ2v) is 7.02. The summed E-state index contributed by atoms with van der Waals surface area (Å²) in [6, 6.07) is 9.19. The average Bonchev–Trinajstić information content (AvgIpc) is 3.23. The molecule has 3 aromatic rings. The van der Waals surface area contributed by atoms with Crippen LogP contribution in [0.25, 0.3) is 4.96 Å². The lowest BCUT2D eigenvalue weighted by Gasteiger charge is -2.14. The van der Waals surface area contributed by atoms with Gasteiger partial charge in [-0.3, -0.25) is 9.69 Å². The second-order valence-electron chi connectivity index (χ2n) is 5.98. The number of aromatic nitrogens is 4. The molecular weight excluding hydrogens is 340 g/mol. The minimum atomic E-state index is -0.515. The molecule has 3 heterocycles. The number of amides is 3. The molecule has 128 valence electrons. The van der Waals surface area contributed by atoms with E-state index >= 15 is 0 Å². The highest BCUT2D eigenvalue weighted by molar-refractivity contribution is 7.16. The maximum absolute atomic E-state index is 12.2. The number of benzene rings is 1. The Morgan fingerprint density at radius 1 is 1.12 bits per heavy atom. The van der Waals surface area contributed by atoms with Crippen LogP contribution in [0.3, 0.4) is 0 Å². The molecule has 8 nitrogen and oxygen atoms in total. The minimum absolute atomic E-state index is 0.206. The summed E-state index contributed by atoms with van der Waals surface area (Å²) in [5, 5.41) is 13.7. The van der Waals surface area contributed by atoms with Gasteiger partial charge in [-0.25, -0.2) is 4.79 Å². The number of urea groups is 1. The summed E-state index contributed by atoms with van der Waals surface area (Å²) in [6.07, 6.45) is 1.01. The lowest BCUT2D eigenvalue weighted by Crippen LogP contribution is -2.33. The van der Waals surface area contributed by atoms with Crippen molar-refractivity contribution in [3.63, 3.8) is 0 Å². The van der Waals surface area contributed by atoms with E-state index in [1.807, 2.05) is 30.3 Å². The molecule has 1 aliphatic rings. The number of rotatable bonds is 4. The molecule has 1 aromatic carbocycles. The highest BCUT2D eigenvalue weighted by Crippen LogP contribution is 2.22. The van der Waals surface area contributed by atoms with Crippen LogP contribution in [0.15, 0.2) is 30.3 Å². The van der Waals surface area contributed by atoms with Gasteiger partial charge in [0.2, 0.25) is 4.96 Å². The van der Waals surface area contributed by atoms with Crippen molar-refractivity contribution in [2.45, 2.75) is 18.9 Å². The van der Waals surface area contributed by atoms with Gasteiger partial charge in [-0.15, -0.1) is 10.2 Å². The molecule has 9 heteroatoms. The lowest BCUT2D eigenvalue weighted by molar-refractivity contribution is -0.127. The van der Waals surface area contributed by atoms with Crippen molar-refractivity contribution in [1.29, 1.82) is 0 Å². The molecule has 0 N–H and O–H groups in total. The van der Waals surface area contributed by atoms with Crippen LogP contribution in [0.4, 0.5) is 4.79 Å². The Morgan fingerprint density at radius 3 is 2.56 bits per heavy atom. The predicted molar refractivity (Wildman–Crippen MR) is 91.3 cm³/mol. The van der Waals surface area contributed by atoms with Gasteiger partial charge in [0.05, 0.1) is 0 Å². The van der Waals surface area contributed by atoms with E-state index in [2.05, 4.69) is 15.3 Å². The summed E-state index contributed by atoms with van der Waals surface area (Å²) in [6.45, 7) is 0. The summed E-state index contributed by atoms with van der Waals surface area (Å²) < 4.78 is 1.72. The third kappa shape index (κ3) is 2.66. The van der Waals surface area contributed by atoms with Gasteiger partial charge >= 0.3 is 6.03 Å². The van der Waals surface area contributed by atoms with E-state index in [4.69, 9.17) is 0 Å². The average molecular weight is 356 g/mol. The van der Waals surface area contributed by atoms with Crippen LogP contribution in [0, 0.1) is 0 Å². The second kappa shape index (κ2) is 5.92. The SMILES string of the molecule is CN1C(=O)[C@H](Cc2nn3c(Cc4ccccc4)nnc3s2)N(C)C1=O. The Kier molecular flexibility index (Phi) is 3.72. The number of carbonyl (C=O) groups excluding carboxylic acids is 2. The highest BCUT2D eigenvalue weighted by Gasteiger charge is 2.41. The van der Waals surface area contributed by atoms with Crippen molar-refractivity contribution in [3.05, 3.63) is 46.7 Å². The first kappa shape index (κ1) is 15.7. The molecule has 2 aromatic heterocycles. The first-order valence-corrected chi connectivity index (χ1v) is 8.64. The van der Waals surface area contributed by atoms with Gasteiger partial charge in [-0.05, 0) is 5.56 Å². The van der Waals surface area contributed by atoms with Gasteiger partial charge in [-0.2, -0.15) is 9.61 Å². The van der Waals surface area contributed by atoms with E-state index in [1.54, 1.807) is 11.6 Å². The number of hydrogen-bond acceptors (Lipinski definition) is 6. The van der Waals surface area contributed by atoms with Crippen molar-refractivity contribution in [3.8, 4) is 0 Å². The molecule has 4 rings (SSSR count). The number of imide groups is 1. The van der Waals surface area contributed by atoms with Crippen LogP contribution in [-0.4, -0.2) is 61.7 Å². The molecular formula is C16H16N6O2S. The number of carbonyl (C=O) groups is 2. The quantitative estimate of drug-likeness (QED) is 0.656. The zero-order valence-electron chi connectivity index (χ0n) is 13.8. The number of likely N-dealkylation sites (N-methyl/N-ethyl adjacent to an activating group) is 2. The largest absolute Gasteiger partial charge is 0.326 e. The normalized spacial score (nSPS) is 17.9. The molecule has 25 heavy (non-hydrogen) atoms. The standard InChI is InChI=1S/C16H16N6O2S/c1-20-11(14(23)21(2)16(20)24)9-13-19-22-12(17-18-15(22)25-13)8-10-6-4-3-5-7-10/h3-7,11H,8-9H2,1-2H3/t11-/m0/s1. The molecule has 0 aliphatic carbocycles. The van der Waals surface area contributed by atoms with E-state index in [0.29, 0.717) is 17.8 Å². The van der Waals surface area contributed by atoms with E-state index in [0.717, 1.165) is 21.3 Å². The van der Waals surface area contributed by atoms with Gasteiger partial charge in [0.1, 0.15) is 11.0 Å². The fraction of sp³-hybridized carbons (Fsp3) is 0.312. The van der Waals surface area contributed by atoms with Gasteiger partial charge in [0, 0.05) is 26.9 Å². The molecule has 0 bridgehead atoms. The van der Waals surface area contributed by atoms with Crippen molar-refractivity contribution in [2.24, 2.45) is 0 Å². The number of hydrogen-bond donors (Lipinski definition) is 0. The van der Waals surface area contributed by atoms with E-state index < -0.39 is 6.04 Å². The molecule has 0 radical (unpaired) electrons.